The predicted octanol–water partition coefficient (Wildman–Crippen LogP) is 4.03. The number of carbonyl (C=O) groups is 1. The smallest absolute Gasteiger partial charge is 0.227 e. The Bertz CT molecular complexity index is 981. The number of hydrogen-bond acceptors (Lipinski definition) is 5. The van der Waals surface area contributed by atoms with Crippen LogP contribution >= 0.6 is 12.2 Å². The average molecular weight is 369 g/mol. The number of ether oxygens (including phenoxy) is 1. The number of methoxy groups -OCH3 is 1. The van der Waals surface area contributed by atoms with E-state index in [1.165, 1.54) is 0 Å². The molecule has 2 aromatic carbocycles. The zero-order chi connectivity index (χ0) is 18.7. The molecule has 0 spiro atoms. The van der Waals surface area contributed by atoms with Gasteiger partial charge in [-0.2, -0.15) is 0 Å². The van der Waals surface area contributed by atoms with Gasteiger partial charge in [-0.25, -0.2) is 4.98 Å². The van der Waals surface area contributed by atoms with E-state index in [1.54, 1.807) is 14.0 Å². The topological polar surface area (TPSA) is 76.4 Å². The standard InChI is InChI=1S/C19H19N3O3S/c1-4-17(23)22-19(26)21-14-9-12(6-5-11(14)2)18-20-15-10-13(24-3)7-8-16(15)25-18/h5-10H,4H2,1-3H3,(H2,21,22,23,26). The lowest BCUT2D eigenvalue weighted by Gasteiger charge is -2.12. The minimum absolute atomic E-state index is 0.135. The molecule has 1 aromatic heterocycles. The molecular formula is C19H19N3O3S. The Labute approximate surface area is 156 Å². The van der Waals surface area contributed by atoms with Crippen LogP contribution in [0.3, 0.4) is 0 Å². The van der Waals surface area contributed by atoms with Crippen LogP contribution in [0.15, 0.2) is 40.8 Å². The second kappa shape index (κ2) is 7.53. The molecule has 1 heterocycles. The Morgan fingerprint density at radius 1 is 1.27 bits per heavy atom. The van der Waals surface area contributed by atoms with Crippen molar-refractivity contribution in [1.29, 1.82) is 0 Å². The summed E-state index contributed by atoms with van der Waals surface area (Å²) in [6.45, 7) is 3.72. The minimum atomic E-state index is -0.135. The third-order valence-electron chi connectivity index (χ3n) is 3.90. The summed E-state index contributed by atoms with van der Waals surface area (Å²) in [5, 5.41) is 5.94. The molecule has 2 N–H and O–H groups in total. The van der Waals surface area contributed by atoms with Crippen LogP contribution in [0.5, 0.6) is 5.75 Å². The highest BCUT2D eigenvalue weighted by atomic mass is 32.1. The number of nitrogens with zero attached hydrogens (tertiary/aromatic N) is 1. The van der Waals surface area contributed by atoms with Gasteiger partial charge in [-0.15, -0.1) is 0 Å². The van der Waals surface area contributed by atoms with Crippen molar-refractivity contribution in [3.63, 3.8) is 0 Å². The van der Waals surface area contributed by atoms with Crippen LogP contribution in [0, 0.1) is 6.92 Å². The van der Waals surface area contributed by atoms with Crippen LogP contribution in [0.2, 0.25) is 0 Å². The van der Waals surface area contributed by atoms with Crippen LogP contribution in [0.25, 0.3) is 22.6 Å². The Morgan fingerprint density at radius 2 is 2.08 bits per heavy atom. The summed E-state index contributed by atoms with van der Waals surface area (Å²) in [7, 11) is 1.61. The molecule has 0 saturated heterocycles. The number of nitrogens with one attached hydrogen (secondary N) is 2. The zero-order valence-corrected chi connectivity index (χ0v) is 15.6. The van der Waals surface area contributed by atoms with E-state index in [-0.39, 0.29) is 11.0 Å². The number of anilines is 1. The third kappa shape index (κ3) is 3.83. The number of hydrogen-bond donors (Lipinski definition) is 2. The molecule has 0 aliphatic heterocycles. The molecule has 0 aliphatic carbocycles. The molecule has 0 radical (unpaired) electrons. The first-order valence-corrected chi connectivity index (χ1v) is 8.57. The van der Waals surface area contributed by atoms with Gasteiger partial charge in [0.05, 0.1) is 7.11 Å². The van der Waals surface area contributed by atoms with Crippen molar-refractivity contribution in [2.75, 3.05) is 12.4 Å². The number of amides is 1. The summed E-state index contributed by atoms with van der Waals surface area (Å²) < 4.78 is 11.1. The Balaban J connectivity index is 1.89. The van der Waals surface area contributed by atoms with Crippen molar-refractivity contribution >= 4 is 40.0 Å². The molecule has 26 heavy (non-hydrogen) atoms. The molecule has 7 heteroatoms. The summed E-state index contributed by atoms with van der Waals surface area (Å²) in [4.78, 5) is 16.0. The highest BCUT2D eigenvalue weighted by molar-refractivity contribution is 7.80. The number of carbonyl (C=O) groups excluding carboxylic acids is 1. The fraction of sp³-hybridized carbons (Fsp3) is 0.211. The van der Waals surface area contributed by atoms with E-state index < -0.39 is 0 Å². The first kappa shape index (κ1) is 17.9. The number of oxazole rings is 1. The SMILES string of the molecule is CCC(=O)NC(=S)Nc1cc(-c2nc3cc(OC)ccc3o2)ccc1C. The van der Waals surface area contributed by atoms with E-state index in [1.807, 2.05) is 43.3 Å². The number of aromatic nitrogens is 1. The molecule has 1 amide bonds. The predicted molar refractivity (Wildman–Crippen MR) is 105 cm³/mol. The lowest BCUT2D eigenvalue weighted by atomic mass is 10.1. The van der Waals surface area contributed by atoms with Crippen molar-refractivity contribution in [3.8, 4) is 17.2 Å². The molecule has 0 fully saturated rings. The van der Waals surface area contributed by atoms with Gasteiger partial charge in [0.1, 0.15) is 11.3 Å². The van der Waals surface area contributed by atoms with Gasteiger partial charge in [0.25, 0.3) is 0 Å². The van der Waals surface area contributed by atoms with E-state index in [0.717, 1.165) is 28.1 Å². The van der Waals surface area contributed by atoms with E-state index >= 15 is 0 Å². The van der Waals surface area contributed by atoms with Gasteiger partial charge >= 0.3 is 0 Å². The van der Waals surface area contributed by atoms with E-state index in [2.05, 4.69) is 15.6 Å². The van der Waals surface area contributed by atoms with Gasteiger partial charge in [-0.3, -0.25) is 4.79 Å². The molecule has 0 saturated carbocycles. The number of benzene rings is 2. The number of thiocarbonyl (C=S) groups is 1. The van der Waals surface area contributed by atoms with Crippen LogP contribution < -0.4 is 15.4 Å². The zero-order valence-electron chi connectivity index (χ0n) is 14.8. The summed E-state index contributed by atoms with van der Waals surface area (Å²) in [6, 6.07) is 11.2. The maximum absolute atomic E-state index is 11.5. The summed E-state index contributed by atoms with van der Waals surface area (Å²) in [5.74, 6) is 1.09. The summed E-state index contributed by atoms with van der Waals surface area (Å²) in [6.07, 6.45) is 0.368. The molecule has 0 atom stereocenters. The second-order valence-corrected chi connectivity index (χ2v) is 6.15. The normalized spacial score (nSPS) is 10.6. The summed E-state index contributed by atoms with van der Waals surface area (Å²) in [5.41, 5.74) is 3.98. The third-order valence-corrected chi connectivity index (χ3v) is 4.11. The van der Waals surface area contributed by atoms with E-state index in [9.17, 15) is 4.79 Å². The van der Waals surface area contributed by atoms with Crippen LogP contribution in [-0.4, -0.2) is 23.1 Å². The molecule has 0 unspecified atom stereocenters. The molecular weight excluding hydrogens is 350 g/mol. The fourth-order valence-electron chi connectivity index (χ4n) is 2.42. The Kier molecular flexibility index (Phi) is 5.18. The Morgan fingerprint density at radius 3 is 2.81 bits per heavy atom. The lowest BCUT2D eigenvalue weighted by molar-refractivity contribution is -0.119. The molecule has 6 nitrogen and oxygen atoms in total. The first-order valence-electron chi connectivity index (χ1n) is 8.16. The average Bonchev–Trinajstić information content (AvgIpc) is 3.06. The molecule has 134 valence electrons. The maximum atomic E-state index is 11.5. The van der Waals surface area contributed by atoms with Gasteiger partial charge in [0.15, 0.2) is 10.7 Å². The highest BCUT2D eigenvalue weighted by Gasteiger charge is 2.12. The van der Waals surface area contributed by atoms with Gasteiger partial charge in [-0.1, -0.05) is 13.0 Å². The van der Waals surface area contributed by atoms with Crippen molar-refractivity contribution in [2.45, 2.75) is 20.3 Å². The Hall–Kier alpha value is -2.93. The van der Waals surface area contributed by atoms with Gasteiger partial charge in [-0.05, 0) is 49.0 Å². The lowest BCUT2D eigenvalue weighted by Crippen LogP contribution is -2.33. The van der Waals surface area contributed by atoms with Crippen LogP contribution in [0.1, 0.15) is 18.9 Å². The highest BCUT2D eigenvalue weighted by Crippen LogP contribution is 2.29. The molecule has 0 bridgehead atoms. The van der Waals surface area contributed by atoms with Crippen LogP contribution in [-0.2, 0) is 4.79 Å². The first-order chi connectivity index (χ1) is 12.5. The molecule has 3 aromatic rings. The van der Waals surface area contributed by atoms with Gasteiger partial charge in [0.2, 0.25) is 11.8 Å². The van der Waals surface area contributed by atoms with Gasteiger partial charge < -0.3 is 19.8 Å². The second-order valence-electron chi connectivity index (χ2n) is 5.74. The minimum Gasteiger partial charge on any atom is -0.497 e. The van der Waals surface area contributed by atoms with Crippen molar-refractivity contribution in [1.82, 2.24) is 10.3 Å². The monoisotopic (exact) mass is 369 g/mol. The van der Waals surface area contributed by atoms with E-state index in [4.69, 9.17) is 21.4 Å². The maximum Gasteiger partial charge on any atom is 0.227 e. The quantitative estimate of drug-likeness (QED) is 0.676. The fourth-order valence-corrected chi connectivity index (χ4v) is 2.64. The largest absolute Gasteiger partial charge is 0.497 e. The van der Waals surface area contributed by atoms with E-state index in [0.29, 0.717) is 17.9 Å². The van der Waals surface area contributed by atoms with Crippen molar-refractivity contribution in [2.24, 2.45) is 0 Å². The number of rotatable bonds is 4. The van der Waals surface area contributed by atoms with Crippen LogP contribution in [0.4, 0.5) is 5.69 Å². The number of fused-ring (bicyclic) bond motifs is 1. The molecule has 3 rings (SSSR count). The van der Waals surface area contributed by atoms with Crippen molar-refractivity contribution in [3.05, 3.63) is 42.0 Å². The molecule has 0 aliphatic rings. The van der Waals surface area contributed by atoms with Gasteiger partial charge in [0, 0.05) is 23.7 Å². The summed E-state index contributed by atoms with van der Waals surface area (Å²) >= 11 is 5.18. The van der Waals surface area contributed by atoms with Crippen molar-refractivity contribution < 1.29 is 13.9 Å². The number of aryl methyl sites for hydroxylation is 1.